The molecule has 0 atom stereocenters. The van der Waals surface area contributed by atoms with Gasteiger partial charge in [0.1, 0.15) is 0 Å². The molecule has 0 radical (unpaired) electrons. The molecule has 0 aliphatic heterocycles. The Morgan fingerprint density at radius 3 is 2.60 bits per heavy atom. The van der Waals surface area contributed by atoms with Crippen molar-refractivity contribution in [1.82, 2.24) is 0 Å². The number of fused-ring (bicyclic) bond motifs is 2. The summed E-state index contributed by atoms with van der Waals surface area (Å²) >= 11 is 3.81. The lowest BCUT2D eigenvalue weighted by Gasteiger charge is -2.12. The van der Waals surface area contributed by atoms with Gasteiger partial charge in [0.25, 0.3) is 0 Å². The summed E-state index contributed by atoms with van der Waals surface area (Å²) in [6.07, 6.45) is 5.45. The van der Waals surface area contributed by atoms with Gasteiger partial charge >= 0.3 is 0 Å². The van der Waals surface area contributed by atoms with Crippen LogP contribution in [0.2, 0.25) is 0 Å². The number of hydrogen-bond acceptors (Lipinski definition) is 0. The Hall–Kier alpha value is -1.86. The highest BCUT2D eigenvalue weighted by molar-refractivity contribution is 9.10. The van der Waals surface area contributed by atoms with Gasteiger partial charge in [-0.3, -0.25) is 0 Å². The van der Waals surface area contributed by atoms with Crippen molar-refractivity contribution < 1.29 is 0 Å². The molecular weight excluding hydrogens is 308 g/mol. The van der Waals surface area contributed by atoms with E-state index in [-0.39, 0.29) is 0 Å². The maximum Gasteiger partial charge on any atom is 0.0295 e. The zero-order valence-corrected chi connectivity index (χ0v) is 12.5. The molecule has 0 saturated heterocycles. The molecule has 0 nitrogen and oxygen atoms in total. The third-order valence-corrected chi connectivity index (χ3v) is 4.88. The van der Waals surface area contributed by atoms with Gasteiger partial charge in [-0.1, -0.05) is 66.7 Å². The van der Waals surface area contributed by atoms with E-state index in [0.717, 1.165) is 6.42 Å². The molecule has 0 spiro atoms. The lowest BCUT2D eigenvalue weighted by molar-refractivity contribution is 1.29. The maximum absolute atomic E-state index is 3.81. The zero-order chi connectivity index (χ0) is 13.5. The molecule has 4 rings (SSSR count). The van der Waals surface area contributed by atoms with Crippen LogP contribution in [0.3, 0.4) is 0 Å². The highest BCUT2D eigenvalue weighted by atomic mass is 79.9. The molecule has 0 N–H and O–H groups in total. The first kappa shape index (κ1) is 11.9. The van der Waals surface area contributed by atoms with Gasteiger partial charge in [0.15, 0.2) is 0 Å². The Kier molecular flexibility index (Phi) is 2.75. The minimum Gasteiger partial charge on any atom is -0.0795 e. The SMILES string of the molecule is Brc1c(-c2cccc3ccccc23)ccc2c1CC=C2. The van der Waals surface area contributed by atoms with Crippen LogP contribution in [0.25, 0.3) is 28.0 Å². The zero-order valence-electron chi connectivity index (χ0n) is 10.9. The lowest BCUT2D eigenvalue weighted by Crippen LogP contribution is -1.89. The number of hydrogen-bond donors (Lipinski definition) is 0. The number of halogens is 1. The Labute approximate surface area is 126 Å². The van der Waals surface area contributed by atoms with Crippen LogP contribution in [-0.2, 0) is 6.42 Å². The predicted octanol–water partition coefficient (Wildman–Crippen LogP) is 5.84. The fraction of sp³-hybridized carbons (Fsp3) is 0.0526. The molecule has 3 aromatic rings. The average molecular weight is 321 g/mol. The minimum atomic E-state index is 1.02. The fourth-order valence-electron chi connectivity index (χ4n) is 2.97. The van der Waals surface area contributed by atoms with Crippen LogP contribution in [0.1, 0.15) is 11.1 Å². The highest BCUT2D eigenvalue weighted by Gasteiger charge is 2.14. The van der Waals surface area contributed by atoms with Gasteiger partial charge in [-0.2, -0.15) is 0 Å². The first-order chi connectivity index (χ1) is 9.84. The second kappa shape index (κ2) is 4.60. The van der Waals surface area contributed by atoms with Gasteiger partial charge in [0, 0.05) is 4.47 Å². The Balaban J connectivity index is 2.01. The molecule has 1 heteroatoms. The summed E-state index contributed by atoms with van der Waals surface area (Å²) in [6.45, 7) is 0. The molecule has 1 aliphatic rings. The summed E-state index contributed by atoms with van der Waals surface area (Å²) in [6, 6.07) is 19.5. The van der Waals surface area contributed by atoms with E-state index in [9.17, 15) is 0 Å². The third kappa shape index (κ3) is 1.74. The first-order valence-electron chi connectivity index (χ1n) is 6.80. The maximum atomic E-state index is 3.81. The molecule has 0 aromatic heterocycles. The van der Waals surface area contributed by atoms with Gasteiger partial charge in [0.2, 0.25) is 0 Å². The van der Waals surface area contributed by atoms with Gasteiger partial charge < -0.3 is 0 Å². The monoisotopic (exact) mass is 320 g/mol. The van der Waals surface area contributed by atoms with Crippen molar-refractivity contribution in [3.63, 3.8) is 0 Å². The normalized spacial score (nSPS) is 12.8. The van der Waals surface area contributed by atoms with Crippen LogP contribution >= 0.6 is 15.9 Å². The summed E-state index contributed by atoms with van der Waals surface area (Å²) in [5.74, 6) is 0. The smallest absolute Gasteiger partial charge is 0.0295 e. The van der Waals surface area contributed by atoms with Crippen molar-refractivity contribution >= 4 is 32.8 Å². The van der Waals surface area contributed by atoms with Crippen molar-refractivity contribution in [2.45, 2.75) is 6.42 Å². The van der Waals surface area contributed by atoms with Gasteiger partial charge in [-0.15, -0.1) is 0 Å². The van der Waals surface area contributed by atoms with E-state index in [4.69, 9.17) is 0 Å². The van der Waals surface area contributed by atoms with Crippen LogP contribution in [0, 0.1) is 0 Å². The summed E-state index contributed by atoms with van der Waals surface area (Å²) in [5, 5.41) is 2.59. The molecule has 0 fully saturated rings. The van der Waals surface area contributed by atoms with E-state index in [1.54, 1.807) is 0 Å². The number of rotatable bonds is 1. The number of benzene rings is 3. The Bertz CT molecular complexity index is 838. The Morgan fingerprint density at radius 2 is 1.65 bits per heavy atom. The predicted molar refractivity (Wildman–Crippen MR) is 89.8 cm³/mol. The average Bonchev–Trinajstić information content (AvgIpc) is 2.97. The van der Waals surface area contributed by atoms with Gasteiger partial charge in [-0.25, -0.2) is 0 Å². The fourth-order valence-corrected chi connectivity index (χ4v) is 3.71. The molecule has 96 valence electrons. The molecule has 0 bridgehead atoms. The largest absolute Gasteiger partial charge is 0.0795 e. The van der Waals surface area contributed by atoms with E-state index in [1.165, 1.54) is 37.5 Å². The molecular formula is C19H13Br. The molecule has 0 amide bonds. The summed E-state index contributed by atoms with van der Waals surface area (Å²) < 4.78 is 1.23. The first-order valence-corrected chi connectivity index (χ1v) is 7.60. The van der Waals surface area contributed by atoms with Gasteiger partial charge in [-0.05, 0) is 55.4 Å². The van der Waals surface area contributed by atoms with Crippen LogP contribution < -0.4 is 0 Å². The summed E-state index contributed by atoms with van der Waals surface area (Å²) in [4.78, 5) is 0. The van der Waals surface area contributed by atoms with Crippen molar-refractivity contribution in [3.05, 3.63) is 76.3 Å². The molecule has 1 aliphatic carbocycles. The van der Waals surface area contributed by atoms with Crippen LogP contribution in [0.4, 0.5) is 0 Å². The Morgan fingerprint density at radius 1 is 0.800 bits per heavy atom. The second-order valence-corrected chi connectivity index (χ2v) is 5.92. The van der Waals surface area contributed by atoms with E-state index in [2.05, 4.69) is 82.7 Å². The summed E-state index contributed by atoms with van der Waals surface area (Å²) in [7, 11) is 0. The summed E-state index contributed by atoms with van der Waals surface area (Å²) in [5.41, 5.74) is 5.31. The van der Waals surface area contributed by atoms with E-state index < -0.39 is 0 Å². The van der Waals surface area contributed by atoms with E-state index in [1.807, 2.05) is 0 Å². The molecule has 20 heavy (non-hydrogen) atoms. The standard InChI is InChI=1S/C19H13Br/c20-19-16-9-3-7-14(16)11-12-18(19)17-10-4-6-13-5-1-2-8-15(13)17/h1-8,10-12H,9H2. The number of allylic oxidation sites excluding steroid dienone is 1. The minimum absolute atomic E-state index is 1.02. The highest BCUT2D eigenvalue weighted by Crippen LogP contribution is 2.38. The second-order valence-electron chi connectivity index (χ2n) is 5.13. The van der Waals surface area contributed by atoms with Crippen LogP contribution in [0.15, 0.2) is 65.1 Å². The molecule has 3 aromatic carbocycles. The molecule has 0 unspecified atom stereocenters. The van der Waals surface area contributed by atoms with Crippen LogP contribution in [-0.4, -0.2) is 0 Å². The topological polar surface area (TPSA) is 0 Å². The van der Waals surface area contributed by atoms with Crippen molar-refractivity contribution in [3.8, 4) is 11.1 Å². The molecule has 0 heterocycles. The molecule has 0 saturated carbocycles. The van der Waals surface area contributed by atoms with Crippen molar-refractivity contribution in [1.29, 1.82) is 0 Å². The van der Waals surface area contributed by atoms with E-state index >= 15 is 0 Å². The third-order valence-electron chi connectivity index (χ3n) is 3.98. The van der Waals surface area contributed by atoms with Crippen LogP contribution in [0.5, 0.6) is 0 Å². The van der Waals surface area contributed by atoms with E-state index in [0.29, 0.717) is 0 Å². The lowest BCUT2D eigenvalue weighted by atomic mass is 9.95. The van der Waals surface area contributed by atoms with Crippen molar-refractivity contribution in [2.75, 3.05) is 0 Å². The van der Waals surface area contributed by atoms with Gasteiger partial charge in [0.05, 0.1) is 0 Å². The van der Waals surface area contributed by atoms with Crippen molar-refractivity contribution in [2.24, 2.45) is 0 Å². The quantitative estimate of drug-likeness (QED) is 0.528.